The van der Waals surface area contributed by atoms with Crippen molar-refractivity contribution in [2.24, 2.45) is 23.0 Å². The Hall–Kier alpha value is -2.13. The topological polar surface area (TPSA) is 119 Å². The van der Waals surface area contributed by atoms with Gasteiger partial charge in [0.05, 0.1) is 23.8 Å². The Bertz CT molecular complexity index is 826. The molecule has 0 spiro atoms. The predicted molar refractivity (Wildman–Crippen MR) is 118 cm³/mol. The van der Waals surface area contributed by atoms with Crippen LogP contribution in [-0.4, -0.2) is 38.7 Å². The van der Waals surface area contributed by atoms with E-state index in [0.29, 0.717) is 6.42 Å². The standard InChI is InChI=1S/C21H35N3O5S/c1-20(2,3)13-16(17(14-22)19(26)29-21(4,5)6)18(25)23-24(30(7,27)28)15-11-9-8-10-12-15/h8-12,16-17H,13-14,22H2,1-7H3,(H,23,25)/t16-,17+/m1/s1. The Morgan fingerprint density at radius 2 is 1.60 bits per heavy atom. The van der Waals surface area contributed by atoms with E-state index in [1.165, 1.54) is 0 Å². The fourth-order valence-electron chi connectivity index (χ4n) is 2.96. The summed E-state index contributed by atoms with van der Waals surface area (Å²) >= 11 is 0. The highest BCUT2D eigenvalue weighted by Gasteiger charge is 2.39. The number of hydrazine groups is 1. The van der Waals surface area contributed by atoms with Gasteiger partial charge in [-0.15, -0.1) is 0 Å². The fourth-order valence-corrected chi connectivity index (χ4v) is 3.73. The van der Waals surface area contributed by atoms with Gasteiger partial charge in [-0.3, -0.25) is 15.0 Å². The van der Waals surface area contributed by atoms with Crippen LogP contribution in [0.5, 0.6) is 0 Å². The number of benzene rings is 1. The van der Waals surface area contributed by atoms with Crippen LogP contribution in [0.4, 0.5) is 5.69 Å². The van der Waals surface area contributed by atoms with Crippen molar-refractivity contribution in [2.75, 3.05) is 17.2 Å². The molecule has 3 N–H and O–H groups in total. The molecule has 0 saturated carbocycles. The van der Waals surface area contributed by atoms with E-state index in [1.54, 1.807) is 51.1 Å². The second-order valence-electron chi connectivity index (χ2n) is 9.59. The lowest BCUT2D eigenvalue weighted by Crippen LogP contribution is -2.52. The number of amides is 1. The van der Waals surface area contributed by atoms with Gasteiger partial charge < -0.3 is 10.5 Å². The third-order valence-electron chi connectivity index (χ3n) is 4.15. The van der Waals surface area contributed by atoms with E-state index in [9.17, 15) is 18.0 Å². The average Bonchev–Trinajstić information content (AvgIpc) is 2.56. The third-order valence-corrected chi connectivity index (χ3v) is 5.12. The number of hydrogen-bond acceptors (Lipinski definition) is 6. The summed E-state index contributed by atoms with van der Waals surface area (Å²) in [6, 6.07) is 8.19. The van der Waals surface area contributed by atoms with Gasteiger partial charge in [-0.25, -0.2) is 8.42 Å². The monoisotopic (exact) mass is 441 g/mol. The zero-order chi connectivity index (χ0) is 23.3. The average molecular weight is 442 g/mol. The van der Waals surface area contributed by atoms with Gasteiger partial charge >= 0.3 is 5.97 Å². The zero-order valence-corrected chi connectivity index (χ0v) is 19.7. The predicted octanol–water partition coefficient (Wildman–Crippen LogP) is 2.45. The number of carbonyl (C=O) groups excluding carboxylic acids is 2. The maximum absolute atomic E-state index is 13.2. The summed E-state index contributed by atoms with van der Waals surface area (Å²) in [7, 11) is -3.82. The van der Waals surface area contributed by atoms with Crippen molar-refractivity contribution in [3.8, 4) is 0 Å². The molecule has 1 rings (SSSR count). The van der Waals surface area contributed by atoms with E-state index in [-0.39, 0.29) is 17.6 Å². The SMILES string of the molecule is CC(C)(C)C[C@@H](C(=O)NN(c1ccccc1)S(C)(=O)=O)[C@H](CN)C(=O)OC(C)(C)C. The van der Waals surface area contributed by atoms with Gasteiger partial charge in [0, 0.05) is 6.54 Å². The maximum Gasteiger partial charge on any atom is 0.311 e. The molecule has 0 aliphatic carbocycles. The molecule has 30 heavy (non-hydrogen) atoms. The molecular formula is C21H35N3O5S. The van der Waals surface area contributed by atoms with Gasteiger partial charge in [0.1, 0.15) is 5.60 Å². The zero-order valence-electron chi connectivity index (χ0n) is 18.9. The van der Waals surface area contributed by atoms with Crippen LogP contribution in [0.3, 0.4) is 0 Å². The van der Waals surface area contributed by atoms with E-state index in [2.05, 4.69) is 5.43 Å². The second-order valence-corrected chi connectivity index (χ2v) is 11.4. The molecule has 0 fully saturated rings. The molecule has 9 heteroatoms. The first-order valence-corrected chi connectivity index (χ1v) is 11.7. The molecule has 0 saturated heterocycles. The molecule has 1 aromatic rings. The first kappa shape index (κ1) is 25.9. The number of nitrogens with two attached hydrogens (primary N) is 1. The normalized spacial score (nSPS) is 14.5. The van der Waals surface area contributed by atoms with Crippen molar-refractivity contribution in [1.82, 2.24) is 5.43 Å². The summed E-state index contributed by atoms with van der Waals surface area (Å²) < 4.78 is 30.9. The lowest BCUT2D eigenvalue weighted by molar-refractivity contribution is -0.163. The minimum absolute atomic E-state index is 0.104. The van der Waals surface area contributed by atoms with Gasteiger partial charge in [0.2, 0.25) is 15.9 Å². The molecule has 0 bridgehead atoms. The number of ether oxygens (including phenoxy) is 1. The van der Waals surface area contributed by atoms with Gasteiger partial charge in [0.25, 0.3) is 0 Å². The molecule has 0 aliphatic heterocycles. The molecule has 0 aromatic heterocycles. The van der Waals surface area contributed by atoms with Crippen LogP contribution in [-0.2, 0) is 24.3 Å². The fraction of sp³-hybridized carbons (Fsp3) is 0.619. The smallest absolute Gasteiger partial charge is 0.311 e. The molecular weight excluding hydrogens is 406 g/mol. The van der Waals surface area contributed by atoms with E-state index in [0.717, 1.165) is 10.7 Å². The molecule has 0 radical (unpaired) electrons. The van der Waals surface area contributed by atoms with Crippen molar-refractivity contribution < 1.29 is 22.7 Å². The number of esters is 1. The summed E-state index contributed by atoms with van der Waals surface area (Å²) in [5.41, 5.74) is 7.56. The van der Waals surface area contributed by atoms with Gasteiger partial charge in [0.15, 0.2) is 0 Å². The summed E-state index contributed by atoms with van der Waals surface area (Å²) in [4.78, 5) is 26.0. The molecule has 1 amide bonds. The van der Waals surface area contributed by atoms with Crippen LogP contribution in [0.15, 0.2) is 30.3 Å². The van der Waals surface area contributed by atoms with Gasteiger partial charge in [-0.05, 0) is 44.7 Å². The Morgan fingerprint density at radius 1 is 1.07 bits per heavy atom. The Balaban J connectivity index is 3.29. The number of rotatable bonds is 8. The molecule has 0 heterocycles. The second kappa shape index (κ2) is 9.78. The molecule has 0 aliphatic rings. The Kier molecular flexibility index (Phi) is 8.45. The number of nitrogens with one attached hydrogen (secondary N) is 1. The number of carbonyl (C=O) groups is 2. The molecule has 0 unspecified atom stereocenters. The summed E-state index contributed by atoms with van der Waals surface area (Å²) in [6.07, 6.45) is 1.31. The highest BCUT2D eigenvalue weighted by atomic mass is 32.2. The highest BCUT2D eigenvalue weighted by Crippen LogP contribution is 2.31. The van der Waals surface area contributed by atoms with E-state index >= 15 is 0 Å². The first-order valence-electron chi connectivity index (χ1n) is 9.84. The number of para-hydroxylation sites is 1. The largest absolute Gasteiger partial charge is 0.460 e. The minimum Gasteiger partial charge on any atom is -0.460 e. The van der Waals surface area contributed by atoms with Crippen LogP contribution in [0, 0.1) is 17.3 Å². The Labute approximate surface area is 180 Å². The number of anilines is 1. The van der Waals surface area contributed by atoms with Crippen molar-refractivity contribution in [2.45, 2.75) is 53.6 Å². The maximum atomic E-state index is 13.2. The van der Waals surface area contributed by atoms with Crippen molar-refractivity contribution in [3.05, 3.63) is 30.3 Å². The third kappa shape index (κ3) is 8.31. The highest BCUT2D eigenvalue weighted by molar-refractivity contribution is 7.92. The number of sulfonamides is 1. The first-order chi connectivity index (χ1) is 13.5. The Morgan fingerprint density at radius 3 is 2.00 bits per heavy atom. The van der Waals surface area contributed by atoms with Crippen LogP contribution in [0.1, 0.15) is 48.0 Å². The molecule has 2 atom stereocenters. The lowest BCUT2D eigenvalue weighted by Gasteiger charge is -2.33. The van der Waals surface area contributed by atoms with Crippen LogP contribution < -0.4 is 15.6 Å². The number of hydrogen-bond donors (Lipinski definition) is 2. The lowest BCUT2D eigenvalue weighted by atomic mass is 9.78. The van der Waals surface area contributed by atoms with Crippen molar-refractivity contribution in [1.29, 1.82) is 0 Å². The molecule has 1 aromatic carbocycles. The summed E-state index contributed by atoms with van der Waals surface area (Å²) in [5, 5.41) is 0. The van der Waals surface area contributed by atoms with Crippen LogP contribution in [0.2, 0.25) is 0 Å². The van der Waals surface area contributed by atoms with E-state index in [1.807, 2.05) is 20.8 Å². The molecule has 170 valence electrons. The van der Waals surface area contributed by atoms with Gasteiger partial charge in [-0.2, -0.15) is 4.41 Å². The van der Waals surface area contributed by atoms with Crippen LogP contribution in [0.25, 0.3) is 0 Å². The van der Waals surface area contributed by atoms with Crippen molar-refractivity contribution in [3.63, 3.8) is 0 Å². The van der Waals surface area contributed by atoms with Crippen LogP contribution >= 0.6 is 0 Å². The van der Waals surface area contributed by atoms with Crippen molar-refractivity contribution >= 4 is 27.6 Å². The molecule has 8 nitrogen and oxygen atoms in total. The summed E-state index contributed by atoms with van der Waals surface area (Å²) in [5.74, 6) is -2.99. The number of nitrogens with zero attached hydrogens (tertiary/aromatic N) is 1. The minimum atomic E-state index is -3.82. The summed E-state index contributed by atoms with van der Waals surface area (Å²) in [6.45, 7) is 10.9. The van der Waals surface area contributed by atoms with E-state index < -0.39 is 39.3 Å². The van der Waals surface area contributed by atoms with E-state index in [4.69, 9.17) is 10.5 Å². The van der Waals surface area contributed by atoms with Gasteiger partial charge in [-0.1, -0.05) is 39.0 Å². The quantitative estimate of drug-likeness (QED) is 0.472.